The summed E-state index contributed by atoms with van der Waals surface area (Å²) in [6.07, 6.45) is 1.02. The van der Waals surface area contributed by atoms with E-state index in [1.807, 2.05) is 19.0 Å². The Balaban J connectivity index is 1.63. The van der Waals surface area contributed by atoms with Crippen LogP contribution in [-0.4, -0.2) is 56.1 Å². The normalized spacial score (nSPS) is 14.2. The largest absolute Gasteiger partial charge is 0.374 e. The van der Waals surface area contributed by atoms with Gasteiger partial charge in [-0.3, -0.25) is 14.9 Å². The average Bonchev–Trinajstić information content (AvgIpc) is 3.20. The second kappa shape index (κ2) is 7.79. The SMILES string of the molecule is Cc1cc(NC(=O)C(=O)NC[C@@H](c2ccc3c(c2)CCN3C)N(C)C)no1. The summed E-state index contributed by atoms with van der Waals surface area (Å²) in [6.45, 7) is 3.05. The van der Waals surface area contributed by atoms with Crippen molar-refractivity contribution in [2.45, 2.75) is 19.4 Å². The van der Waals surface area contributed by atoms with E-state index in [1.54, 1.807) is 13.0 Å². The first-order valence-corrected chi connectivity index (χ1v) is 8.88. The molecule has 0 aliphatic carbocycles. The Morgan fingerprint density at radius 3 is 2.74 bits per heavy atom. The number of aryl methyl sites for hydroxylation is 1. The van der Waals surface area contributed by atoms with Gasteiger partial charge in [-0.1, -0.05) is 17.3 Å². The quantitative estimate of drug-likeness (QED) is 0.771. The molecule has 2 aromatic rings. The second-order valence-corrected chi connectivity index (χ2v) is 7.03. The number of amides is 2. The molecule has 0 saturated heterocycles. The Morgan fingerprint density at radius 2 is 2.07 bits per heavy atom. The van der Waals surface area contributed by atoms with Crippen LogP contribution in [0.1, 0.15) is 22.9 Å². The van der Waals surface area contributed by atoms with E-state index in [-0.39, 0.29) is 11.9 Å². The van der Waals surface area contributed by atoms with Gasteiger partial charge in [-0.15, -0.1) is 0 Å². The molecule has 1 aliphatic rings. The Morgan fingerprint density at radius 1 is 1.30 bits per heavy atom. The molecule has 144 valence electrons. The van der Waals surface area contributed by atoms with E-state index in [0.29, 0.717) is 12.3 Å². The predicted octanol–water partition coefficient (Wildman–Crippen LogP) is 1.33. The molecule has 8 nitrogen and oxygen atoms in total. The molecule has 1 aliphatic heterocycles. The number of nitrogens with zero attached hydrogens (tertiary/aromatic N) is 3. The van der Waals surface area contributed by atoms with Gasteiger partial charge in [0.15, 0.2) is 5.82 Å². The number of likely N-dealkylation sites (N-methyl/N-ethyl adjacent to an activating group) is 2. The molecule has 0 fully saturated rings. The number of nitrogens with one attached hydrogen (secondary N) is 2. The Hall–Kier alpha value is -2.87. The number of rotatable bonds is 5. The predicted molar refractivity (Wildman–Crippen MR) is 103 cm³/mol. The molecule has 0 unspecified atom stereocenters. The van der Waals surface area contributed by atoms with E-state index in [9.17, 15) is 9.59 Å². The molecule has 1 aromatic heterocycles. The third-order valence-corrected chi connectivity index (χ3v) is 4.77. The molecule has 2 N–H and O–H groups in total. The summed E-state index contributed by atoms with van der Waals surface area (Å²) in [5.41, 5.74) is 3.68. The number of carbonyl (C=O) groups is 2. The third kappa shape index (κ3) is 4.28. The molecule has 27 heavy (non-hydrogen) atoms. The topological polar surface area (TPSA) is 90.7 Å². The van der Waals surface area contributed by atoms with Crippen LogP contribution in [0.15, 0.2) is 28.8 Å². The lowest BCUT2D eigenvalue weighted by atomic mass is 10.0. The fourth-order valence-corrected chi connectivity index (χ4v) is 3.26. The van der Waals surface area contributed by atoms with Crippen LogP contribution in [0.4, 0.5) is 11.5 Å². The number of benzene rings is 1. The summed E-state index contributed by atoms with van der Waals surface area (Å²) < 4.78 is 4.87. The van der Waals surface area contributed by atoms with Crippen molar-refractivity contribution in [2.75, 3.05) is 44.4 Å². The van der Waals surface area contributed by atoms with Gasteiger partial charge in [-0.2, -0.15) is 0 Å². The molecule has 3 rings (SSSR count). The minimum absolute atomic E-state index is 0.0350. The van der Waals surface area contributed by atoms with Gasteiger partial charge in [0.25, 0.3) is 0 Å². The van der Waals surface area contributed by atoms with Gasteiger partial charge < -0.3 is 19.6 Å². The Bertz CT molecular complexity index is 846. The number of fused-ring (bicyclic) bond motifs is 1. The summed E-state index contributed by atoms with van der Waals surface area (Å²) in [5.74, 6) is -0.694. The lowest BCUT2D eigenvalue weighted by Gasteiger charge is -2.25. The fraction of sp³-hybridized carbons (Fsp3) is 0.421. The molecule has 8 heteroatoms. The Kier molecular flexibility index (Phi) is 5.46. The fourth-order valence-electron chi connectivity index (χ4n) is 3.26. The summed E-state index contributed by atoms with van der Waals surface area (Å²) in [4.78, 5) is 28.4. The van der Waals surface area contributed by atoms with Gasteiger partial charge in [0.1, 0.15) is 5.76 Å². The zero-order valence-corrected chi connectivity index (χ0v) is 16.1. The van der Waals surface area contributed by atoms with Crippen molar-refractivity contribution in [3.8, 4) is 0 Å². The van der Waals surface area contributed by atoms with Gasteiger partial charge in [0, 0.05) is 31.9 Å². The molecule has 2 amide bonds. The summed E-state index contributed by atoms with van der Waals surface area (Å²) in [7, 11) is 5.99. The van der Waals surface area contributed by atoms with Crippen LogP contribution < -0.4 is 15.5 Å². The van der Waals surface area contributed by atoms with Crippen molar-refractivity contribution in [1.82, 2.24) is 15.4 Å². The van der Waals surface area contributed by atoms with E-state index >= 15 is 0 Å². The van der Waals surface area contributed by atoms with Crippen LogP contribution in [0.25, 0.3) is 0 Å². The van der Waals surface area contributed by atoms with Gasteiger partial charge in [0.05, 0.1) is 6.04 Å². The van der Waals surface area contributed by atoms with Crippen LogP contribution >= 0.6 is 0 Å². The Labute approximate surface area is 158 Å². The maximum Gasteiger partial charge on any atom is 0.314 e. The number of carbonyl (C=O) groups excluding carboxylic acids is 2. The maximum absolute atomic E-state index is 12.1. The molecular formula is C19H25N5O3. The summed E-state index contributed by atoms with van der Waals surface area (Å²) in [6, 6.07) is 7.90. The van der Waals surface area contributed by atoms with Crippen molar-refractivity contribution in [2.24, 2.45) is 0 Å². The summed E-state index contributed by atoms with van der Waals surface area (Å²) in [5, 5.41) is 8.77. The molecule has 0 saturated carbocycles. The van der Waals surface area contributed by atoms with E-state index in [0.717, 1.165) is 18.5 Å². The lowest BCUT2D eigenvalue weighted by molar-refractivity contribution is -0.136. The zero-order chi connectivity index (χ0) is 19.6. The van der Waals surface area contributed by atoms with Gasteiger partial charge >= 0.3 is 11.8 Å². The lowest BCUT2D eigenvalue weighted by Crippen LogP contribution is -2.40. The average molecular weight is 371 g/mol. The zero-order valence-electron chi connectivity index (χ0n) is 16.1. The number of hydrogen-bond donors (Lipinski definition) is 2. The number of aromatic nitrogens is 1. The van der Waals surface area contributed by atoms with E-state index in [4.69, 9.17) is 4.52 Å². The second-order valence-electron chi connectivity index (χ2n) is 7.03. The molecule has 0 radical (unpaired) electrons. The van der Waals surface area contributed by atoms with Crippen molar-refractivity contribution in [1.29, 1.82) is 0 Å². The third-order valence-electron chi connectivity index (χ3n) is 4.77. The van der Waals surface area contributed by atoms with E-state index < -0.39 is 11.8 Å². The first kappa shape index (κ1) is 18.9. The van der Waals surface area contributed by atoms with Crippen LogP contribution in [0, 0.1) is 6.92 Å². The molecule has 0 bridgehead atoms. The molecule has 1 atom stereocenters. The standard InChI is InChI=1S/C19H25N5O3/c1-12-9-17(22-27-12)21-19(26)18(25)20-11-16(23(2)3)13-5-6-15-14(10-13)7-8-24(15)4/h5-6,9-10,16H,7-8,11H2,1-4H3,(H,20,25)(H,21,22,26)/t16-/m0/s1. The minimum Gasteiger partial charge on any atom is -0.374 e. The van der Waals surface area contributed by atoms with Crippen molar-refractivity contribution in [3.63, 3.8) is 0 Å². The highest BCUT2D eigenvalue weighted by atomic mass is 16.5. The molecule has 0 spiro atoms. The minimum atomic E-state index is -0.767. The first-order valence-electron chi connectivity index (χ1n) is 8.88. The van der Waals surface area contributed by atoms with Gasteiger partial charge in [0.2, 0.25) is 0 Å². The molecular weight excluding hydrogens is 346 g/mol. The highest BCUT2D eigenvalue weighted by Gasteiger charge is 2.22. The van der Waals surface area contributed by atoms with Crippen molar-refractivity contribution >= 4 is 23.3 Å². The van der Waals surface area contributed by atoms with Crippen molar-refractivity contribution in [3.05, 3.63) is 41.2 Å². The smallest absolute Gasteiger partial charge is 0.314 e. The van der Waals surface area contributed by atoms with Gasteiger partial charge in [-0.05, 0) is 44.6 Å². The maximum atomic E-state index is 12.1. The first-order chi connectivity index (χ1) is 12.8. The van der Waals surface area contributed by atoms with Crippen LogP contribution in [-0.2, 0) is 16.0 Å². The monoisotopic (exact) mass is 371 g/mol. The molecule has 1 aromatic carbocycles. The number of anilines is 2. The summed E-state index contributed by atoms with van der Waals surface area (Å²) >= 11 is 0. The van der Waals surface area contributed by atoms with E-state index in [2.05, 4.69) is 45.9 Å². The van der Waals surface area contributed by atoms with Crippen LogP contribution in [0.2, 0.25) is 0 Å². The van der Waals surface area contributed by atoms with E-state index in [1.165, 1.54) is 11.3 Å². The highest BCUT2D eigenvalue weighted by Crippen LogP contribution is 2.30. The van der Waals surface area contributed by atoms with Crippen LogP contribution in [0.3, 0.4) is 0 Å². The number of hydrogen-bond acceptors (Lipinski definition) is 6. The van der Waals surface area contributed by atoms with Crippen molar-refractivity contribution < 1.29 is 14.1 Å². The highest BCUT2D eigenvalue weighted by molar-refractivity contribution is 6.39. The molecule has 2 heterocycles. The van der Waals surface area contributed by atoms with Crippen LogP contribution in [0.5, 0.6) is 0 Å². The van der Waals surface area contributed by atoms with Gasteiger partial charge in [-0.25, -0.2) is 0 Å².